The van der Waals surface area contributed by atoms with E-state index in [-0.39, 0.29) is 25.7 Å². The van der Waals surface area contributed by atoms with Crippen LogP contribution in [-0.2, 0) is 38.1 Å². The Hall–Kier alpha value is -2.49. The third kappa shape index (κ3) is 3.92. The number of fused-ring (bicyclic) bond motifs is 2. The van der Waals surface area contributed by atoms with Crippen LogP contribution in [0.4, 0.5) is 0 Å². The number of hydrogen-bond acceptors (Lipinski definition) is 9. The number of allylic oxidation sites excluding steroid dienone is 3. The molecule has 0 aromatic carbocycles. The van der Waals surface area contributed by atoms with Gasteiger partial charge in [-0.2, -0.15) is 0 Å². The Labute approximate surface area is 210 Å². The van der Waals surface area contributed by atoms with E-state index in [9.17, 15) is 19.5 Å². The quantitative estimate of drug-likeness (QED) is 0.230. The zero-order valence-electron chi connectivity index (χ0n) is 20.9. The molecule has 0 amide bonds. The van der Waals surface area contributed by atoms with Crippen molar-refractivity contribution in [2.45, 2.75) is 76.5 Å². The first-order valence-corrected chi connectivity index (χ1v) is 12.7. The molecule has 3 heterocycles. The topological polar surface area (TPSA) is 121 Å². The van der Waals surface area contributed by atoms with E-state index in [4.69, 9.17) is 23.7 Å². The van der Waals surface area contributed by atoms with E-state index in [1.165, 1.54) is 29.9 Å². The first-order valence-electron chi connectivity index (χ1n) is 12.7. The summed E-state index contributed by atoms with van der Waals surface area (Å²) in [5.41, 5.74) is -0.519. The highest BCUT2D eigenvalue weighted by Crippen LogP contribution is 2.71. The van der Waals surface area contributed by atoms with Crippen molar-refractivity contribution < 1.29 is 43.2 Å². The highest BCUT2D eigenvalue weighted by molar-refractivity contribution is 5.84. The molecule has 2 aliphatic carbocycles. The average molecular weight is 503 g/mol. The summed E-state index contributed by atoms with van der Waals surface area (Å²) in [6.07, 6.45) is 7.01. The van der Waals surface area contributed by atoms with E-state index in [1.807, 2.05) is 0 Å². The van der Waals surface area contributed by atoms with Crippen molar-refractivity contribution in [3.63, 3.8) is 0 Å². The molecule has 0 aromatic heterocycles. The molecule has 0 unspecified atom stereocenters. The second-order valence-electron chi connectivity index (χ2n) is 11.0. The second-order valence-corrected chi connectivity index (χ2v) is 11.0. The monoisotopic (exact) mass is 502 g/mol. The molecule has 5 rings (SSSR count). The van der Waals surface area contributed by atoms with Crippen molar-refractivity contribution in [3.05, 3.63) is 36.0 Å². The second kappa shape index (κ2) is 9.11. The zero-order valence-corrected chi connectivity index (χ0v) is 20.9. The molecule has 1 saturated carbocycles. The Morgan fingerprint density at radius 3 is 2.50 bits per heavy atom. The van der Waals surface area contributed by atoms with E-state index in [1.54, 1.807) is 6.92 Å². The Morgan fingerprint density at radius 2 is 1.78 bits per heavy atom. The molecule has 9 nitrogen and oxygen atoms in total. The molecule has 8 atom stereocenters. The van der Waals surface area contributed by atoms with E-state index in [0.29, 0.717) is 19.4 Å². The lowest BCUT2D eigenvalue weighted by molar-refractivity contribution is -0.225. The van der Waals surface area contributed by atoms with Crippen LogP contribution in [0.1, 0.15) is 46.5 Å². The Bertz CT molecular complexity index is 1020. The normalized spacial score (nSPS) is 46.8. The van der Waals surface area contributed by atoms with Crippen LogP contribution < -0.4 is 0 Å². The molecule has 2 saturated heterocycles. The summed E-state index contributed by atoms with van der Waals surface area (Å²) in [5, 5.41) is 10.6. The first kappa shape index (κ1) is 25.2. The molecular formula is C27H34O9. The summed E-state index contributed by atoms with van der Waals surface area (Å²) >= 11 is 0. The lowest BCUT2D eigenvalue weighted by Gasteiger charge is -2.57. The molecule has 1 N–H and O–H groups in total. The van der Waals surface area contributed by atoms with E-state index >= 15 is 0 Å². The maximum atomic E-state index is 12.9. The van der Waals surface area contributed by atoms with Gasteiger partial charge in [0.2, 0.25) is 0 Å². The van der Waals surface area contributed by atoms with Gasteiger partial charge >= 0.3 is 17.9 Å². The van der Waals surface area contributed by atoms with Gasteiger partial charge in [-0.1, -0.05) is 37.6 Å². The van der Waals surface area contributed by atoms with E-state index in [0.717, 1.165) is 6.42 Å². The fourth-order valence-electron chi connectivity index (χ4n) is 6.60. The largest absolute Gasteiger partial charge is 0.463 e. The number of esters is 3. The summed E-state index contributed by atoms with van der Waals surface area (Å²) in [7, 11) is 0. The minimum absolute atomic E-state index is 0.0331. The number of carbonyl (C=O) groups excluding carboxylic acids is 3. The fraction of sp³-hybridized carbons (Fsp3) is 0.667. The maximum Gasteiger partial charge on any atom is 0.335 e. The van der Waals surface area contributed by atoms with Crippen LogP contribution in [0.15, 0.2) is 36.0 Å². The third-order valence-corrected chi connectivity index (χ3v) is 9.05. The van der Waals surface area contributed by atoms with Gasteiger partial charge in [0.25, 0.3) is 0 Å². The van der Waals surface area contributed by atoms with Crippen molar-refractivity contribution in [3.8, 4) is 0 Å². The fourth-order valence-corrected chi connectivity index (χ4v) is 6.60. The molecule has 9 heteroatoms. The third-order valence-electron chi connectivity index (χ3n) is 9.05. The molecule has 5 aliphatic rings. The van der Waals surface area contributed by atoms with Crippen LogP contribution in [0.3, 0.4) is 0 Å². The van der Waals surface area contributed by atoms with Crippen molar-refractivity contribution in [2.24, 2.45) is 16.7 Å². The van der Waals surface area contributed by atoms with Gasteiger partial charge in [0.05, 0.1) is 19.3 Å². The van der Waals surface area contributed by atoms with Gasteiger partial charge in [-0.05, 0) is 38.5 Å². The smallest absolute Gasteiger partial charge is 0.335 e. The van der Waals surface area contributed by atoms with Crippen molar-refractivity contribution in [1.29, 1.82) is 0 Å². The highest BCUT2D eigenvalue weighted by atomic mass is 16.7. The van der Waals surface area contributed by atoms with Gasteiger partial charge in [-0.25, -0.2) is 14.4 Å². The Morgan fingerprint density at radius 1 is 1.06 bits per heavy atom. The highest BCUT2D eigenvalue weighted by Gasteiger charge is 2.82. The van der Waals surface area contributed by atoms with Gasteiger partial charge in [0, 0.05) is 23.0 Å². The minimum atomic E-state index is -1.35. The predicted octanol–water partition coefficient (Wildman–Crippen LogP) is 2.17. The molecule has 2 spiro atoms. The number of carbonyl (C=O) groups is 3. The van der Waals surface area contributed by atoms with E-state index in [2.05, 4.69) is 19.9 Å². The number of hydrogen-bond donors (Lipinski definition) is 1. The van der Waals surface area contributed by atoms with Crippen LogP contribution >= 0.6 is 0 Å². The van der Waals surface area contributed by atoms with Crippen molar-refractivity contribution in [2.75, 3.05) is 19.8 Å². The van der Waals surface area contributed by atoms with Gasteiger partial charge in [0.1, 0.15) is 24.4 Å². The summed E-state index contributed by atoms with van der Waals surface area (Å²) in [6.45, 7) is 6.46. The molecule has 196 valence electrons. The number of ether oxygens (including phenoxy) is 5. The van der Waals surface area contributed by atoms with Gasteiger partial charge in [-0.15, -0.1) is 0 Å². The minimum Gasteiger partial charge on any atom is -0.463 e. The molecule has 0 aromatic rings. The Balaban J connectivity index is 1.49. The van der Waals surface area contributed by atoms with Crippen LogP contribution in [0.25, 0.3) is 0 Å². The number of epoxide rings is 1. The van der Waals surface area contributed by atoms with Gasteiger partial charge in [-0.3, -0.25) is 0 Å². The summed E-state index contributed by atoms with van der Waals surface area (Å²) in [6, 6.07) is 0. The summed E-state index contributed by atoms with van der Waals surface area (Å²) in [4.78, 5) is 37.4. The van der Waals surface area contributed by atoms with Crippen LogP contribution in [-0.4, -0.2) is 72.9 Å². The van der Waals surface area contributed by atoms with Crippen LogP contribution in [0.5, 0.6) is 0 Å². The molecule has 3 aliphatic heterocycles. The summed E-state index contributed by atoms with van der Waals surface area (Å²) < 4.78 is 29.4. The average Bonchev–Trinajstić information content (AvgIpc) is 3.61. The maximum absolute atomic E-state index is 12.9. The SMILES string of the molecule is CC1=C[C@H]2O[C@@H]3[C@H]4C[C@](C)([C@]2(CC1)COC(=O)[C@@H](O)[C@H](C)CCOC(=O)/C=C/C=C\C(=O)O4)[C@]31CO1. The van der Waals surface area contributed by atoms with Gasteiger partial charge in [0.15, 0.2) is 6.10 Å². The number of aliphatic hydroxyl groups is 1. The molecule has 36 heavy (non-hydrogen) atoms. The van der Waals surface area contributed by atoms with Crippen LogP contribution in [0, 0.1) is 16.7 Å². The molecule has 3 bridgehead atoms. The van der Waals surface area contributed by atoms with Crippen LogP contribution in [0.2, 0.25) is 0 Å². The Kier molecular flexibility index (Phi) is 6.37. The van der Waals surface area contributed by atoms with Crippen molar-refractivity contribution in [1.82, 2.24) is 0 Å². The van der Waals surface area contributed by atoms with Gasteiger partial charge < -0.3 is 28.8 Å². The molecule has 3 fully saturated rings. The number of aliphatic hydroxyl groups excluding tert-OH is 1. The first-order chi connectivity index (χ1) is 17.1. The zero-order chi connectivity index (χ0) is 25.7. The number of cyclic esters (lactones) is 2. The predicted molar refractivity (Wildman–Crippen MR) is 125 cm³/mol. The molecule has 0 radical (unpaired) electrons. The van der Waals surface area contributed by atoms with Crippen molar-refractivity contribution >= 4 is 17.9 Å². The number of rotatable bonds is 0. The standard InChI is InChI=1S/C27H34O9/c1-16-8-10-26-14-33-24(31)22(30)17(2)9-11-32-20(28)6-4-5-7-21(29)35-18-13-25(26,3)27(15-34-27)23(18)36-19(26)12-16/h4-7,12,17-19,22-23,30H,8-11,13-15H2,1-3H3/b6-4+,7-5-/t17-,18-,19-,22+,23-,25-,26-,27+/m1/s1. The lowest BCUT2D eigenvalue weighted by atomic mass is 9.52. The molecular weight excluding hydrogens is 468 g/mol. The van der Waals surface area contributed by atoms with E-state index < -0.39 is 58.6 Å². The summed E-state index contributed by atoms with van der Waals surface area (Å²) in [5.74, 6) is -2.32. The lowest BCUT2D eigenvalue weighted by Crippen LogP contribution is -2.64.